The van der Waals surface area contributed by atoms with Crippen LogP contribution in [0.2, 0.25) is 0 Å². The van der Waals surface area contributed by atoms with Crippen LogP contribution in [-0.4, -0.2) is 35.7 Å². The van der Waals surface area contributed by atoms with E-state index in [1.165, 1.54) is 4.90 Å². The quantitative estimate of drug-likeness (QED) is 0.607. The smallest absolute Gasteiger partial charge is 0.255 e. The zero-order valence-electron chi connectivity index (χ0n) is 15.1. The van der Waals surface area contributed by atoms with Gasteiger partial charge < -0.3 is 4.90 Å². The number of nitrogens with zero attached hydrogens (tertiary/aromatic N) is 2. The van der Waals surface area contributed by atoms with Gasteiger partial charge in [0.25, 0.3) is 5.91 Å². The van der Waals surface area contributed by atoms with Crippen LogP contribution < -0.4 is 4.90 Å². The molecule has 0 radical (unpaired) electrons. The van der Waals surface area contributed by atoms with E-state index in [4.69, 9.17) is 0 Å². The minimum Gasteiger partial charge on any atom is -0.339 e. The van der Waals surface area contributed by atoms with Crippen molar-refractivity contribution in [2.75, 3.05) is 18.0 Å². The summed E-state index contributed by atoms with van der Waals surface area (Å²) in [5, 5.41) is 0. The van der Waals surface area contributed by atoms with Crippen molar-refractivity contribution in [3.8, 4) is 0 Å². The molecule has 2 heterocycles. The van der Waals surface area contributed by atoms with Crippen LogP contribution in [0.15, 0.2) is 35.9 Å². The highest BCUT2D eigenvalue weighted by molar-refractivity contribution is 6.24. The monoisotopic (exact) mass is 352 g/mol. The Kier molecular flexibility index (Phi) is 4.39. The Hall–Kier alpha value is -2.43. The van der Waals surface area contributed by atoms with Crippen molar-refractivity contribution in [3.63, 3.8) is 0 Å². The summed E-state index contributed by atoms with van der Waals surface area (Å²) in [5.41, 5.74) is 2.07. The molecule has 2 fully saturated rings. The fourth-order valence-corrected chi connectivity index (χ4v) is 4.39. The molecule has 2 aliphatic heterocycles. The summed E-state index contributed by atoms with van der Waals surface area (Å²) in [5.74, 6) is -0.978. The van der Waals surface area contributed by atoms with E-state index in [0.29, 0.717) is 24.1 Å². The zero-order valence-corrected chi connectivity index (χ0v) is 15.1. The number of piperidine rings is 1. The Morgan fingerprint density at radius 2 is 1.69 bits per heavy atom. The minimum absolute atomic E-state index is 0.0786. The van der Waals surface area contributed by atoms with Gasteiger partial charge >= 0.3 is 0 Å². The maximum absolute atomic E-state index is 13.0. The van der Waals surface area contributed by atoms with E-state index >= 15 is 0 Å². The van der Waals surface area contributed by atoms with Crippen LogP contribution in [0.1, 0.15) is 49.4 Å². The number of carbonyl (C=O) groups excluding carboxylic acids is 3. The number of likely N-dealkylation sites (tertiary alicyclic amines) is 1. The largest absolute Gasteiger partial charge is 0.339 e. The number of benzene rings is 1. The van der Waals surface area contributed by atoms with Crippen LogP contribution in [0.25, 0.3) is 0 Å². The summed E-state index contributed by atoms with van der Waals surface area (Å²) in [7, 11) is 0. The van der Waals surface area contributed by atoms with E-state index in [1.807, 2.05) is 11.8 Å². The van der Waals surface area contributed by atoms with Gasteiger partial charge in [-0.05, 0) is 51.2 Å². The molecule has 1 aromatic rings. The standard InChI is InChI=1S/C21H24N2O3/c1-14-9-10-15-17(13-14)21(26)23(20(15)25)18-8-4-3-7-16(18)19(24)22-11-5-2-6-12-22/h3-4,7-9,15,17H,2,5-6,10-13H2,1H3/t15-,17-/m1/s1. The molecule has 5 heteroatoms. The molecule has 0 N–H and O–H groups in total. The van der Waals surface area contributed by atoms with Crippen LogP contribution in [0.5, 0.6) is 0 Å². The zero-order chi connectivity index (χ0) is 18.3. The highest BCUT2D eigenvalue weighted by Gasteiger charge is 2.49. The normalized spacial score (nSPS) is 26.0. The van der Waals surface area contributed by atoms with Gasteiger partial charge in [-0.15, -0.1) is 0 Å². The van der Waals surface area contributed by atoms with Crippen LogP contribution >= 0.6 is 0 Å². The van der Waals surface area contributed by atoms with Crippen LogP contribution in [0, 0.1) is 11.8 Å². The van der Waals surface area contributed by atoms with Crippen LogP contribution in [0.4, 0.5) is 5.69 Å². The molecule has 4 rings (SSSR count). The molecule has 0 saturated carbocycles. The third-order valence-corrected chi connectivity index (χ3v) is 5.84. The van der Waals surface area contributed by atoms with Crippen molar-refractivity contribution in [2.45, 2.75) is 39.0 Å². The van der Waals surface area contributed by atoms with E-state index in [2.05, 4.69) is 6.08 Å². The Balaban J connectivity index is 1.67. The Morgan fingerprint density at radius 1 is 1.00 bits per heavy atom. The van der Waals surface area contributed by atoms with Gasteiger partial charge in [0.2, 0.25) is 11.8 Å². The summed E-state index contributed by atoms with van der Waals surface area (Å²) in [6.45, 7) is 3.48. The average molecular weight is 352 g/mol. The summed E-state index contributed by atoms with van der Waals surface area (Å²) < 4.78 is 0. The molecule has 2 atom stereocenters. The van der Waals surface area contributed by atoms with Gasteiger partial charge in [-0.2, -0.15) is 0 Å². The average Bonchev–Trinajstić information content (AvgIpc) is 2.92. The lowest BCUT2D eigenvalue weighted by atomic mass is 9.82. The number of hydrogen-bond acceptors (Lipinski definition) is 3. The Bertz CT molecular complexity index is 792. The molecule has 26 heavy (non-hydrogen) atoms. The number of allylic oxidation sites excluding steroid dienone is 2. The first-order chi connectivity index (χ1) is 12.6. The van der Waals surface area contributed by atoms with Crippen molar-refractivity contribution in [3.05, 3.63) is 41.5 Å². The number of para-hydroxylation sites is 1. The molecule has 3 aliphatic rings. The second-order valence-corrected chi connectivity index (χ2v) is 7.59. The number of carbonyl (C=O) groups is 3. The van der Waals surface area contributed by atoms with Crippen molar-refractivity contribution in [1.82, 2.24) is 4.90 Å². The predicted octanol–water partition coefficient (Wildman–Crippen LogP) is 3.16. The number of hydrogen-bond donors (Lipinski definition) is 0. The lowest BCUT2D eigenvalue weighted by Crippen LogP contribution is -2.38. The molecule has 0 aromatic heterocycles. The number of anilines is 1. The molecular formula is C21H24N2O3. The highest BCUT2D eigenvalue weighted by atomic mass is 16.2. The SMILES string of the molecule is CC1=CC[C@H]2C(=O)N(c3ccccc3C(=O)N3CCCCC3)C(=O)[C@@H]2C1. The second kappa shape index (κ2) is 6.71. The predicted molar refractivity (Wildman–Crippen MR) is 98.7 cm³/mol. The third kappa shape index (κ3) is 2.75. The lowest BCUT2D eigenvalue weighted by Gasteiger charge is -2.28. The first kappa shape index (κ1) is 17.0. The van der Waals surface area contributed by atoms with E-state index in [1.54, 1.807) is 24.3 Å². The molecule has 0 unspecified atom stereocenters. The number of fused-ring (bicyclic) bond motifs is 1. The fraction of sp³-hybridized carbons (Fsp3) is 0.476. The minimum atomic E-state index is -0.288. The molecule has 0 bridgehead atoms. The van der Waals surface area contributed by atoms with Gasteiger partial charge in [0.05, 0.1) is 23.1 Å². The highest BCUT2D eigenvalue weighted by Crippen LogP contribution is 2.40. The molecule has 5 nitrogen and oxygen atoms in total. The summed E-state index contributed by atoms with van der Waals surface area (Å²) in [6, 6.07) is 7.04. The molecule has 1 aromatic carbocycles. The summed E-state index contributed by atoms with van der Waals surface area (Å²) in [4.78, 5) is 42.1. The van der Waals surface area contributed by atoms with Gasteiger partial charge in [-0.3, -0.25) is 14.4 Å². The topological polar surface area (TPSA) is 57.7 Å². The number of rotatable bonds is 2. The van der Waals surface area contributed by atoms with Crippen molar-refractivity contribution < 1.29 is 14.4 Å². The van der Waals surface area contributed by atoms with Crippen LogP contribution in [-0.2, 0) is 9.59 Å². The molecule has 136 valence electrons. The molecular weight excluding hydrogens is 328 g/mol. The van der Waals surface area contributed by atoms with Gasteiger partial charge in [0.1, 0.15) is 0 Å². The lowest BCUT2D eigenvalue weighted by molar-refractivity contribution is -0.122. The molecule has 3 amide bonds. The maximum atomic E-state index is 13.0. The molecule has 0 spiro atoms. The van der Waals surface area contributed by atoms with E-state index < -0.39 is 0 Å². The van der Waals surface area contributed by atoms with Gasteiger partial charge in [0, 0.05) is 13.1 Å². The molecule has 2 saturated heterocycles. The van der Waals surface area contributed by atoms with E-state index in [9.17, 15) is 14.4 Å². The van der Waals surface area contributed by atoms with E-state index in [-0.39, 0.29) is 29.6 Å². The van der Waals surface area contributed by atoms with Crippen LogP contribution in [0.3, 0.4) is 0 Å². The maximum Gasteiger partial charge on any atom is 0.255 e. The first-order valence-corrected chi connectivity index (χ1v) is 9.49. The number of amides is 3. The van der Waals surface area contributed by atoms with Gasteiger partial charge in [-0.25, -0.2) is 4.90 Å². The third-order valence-electron chi connectivity index (χ3n) is 5.84. The second-order valence-electron chi connectivity index (χ2n) is 7.59. The summed E-state index contributed by atoms with van der Waals surface area (Å²) in [6.07, 6.45) is 6.45. The number of imide groups is 1. The van der Waals surface area contributed by atoms with Gasteiger partial charge in [-0.1, -0.05) is 23.8 Å². The van der Waals surface area contributed by atoms with Crippen molar-refractivity contribution in [1.29, 1.82) is 0 Å². The van der Waals surface area contributed by atoms with Crippen molar-refractivity contribution >= 4 is 23.4 Å². The fourth-order valence-electron chi connectivity index (χ4n) is 4.39. The van der Waals surface area contributed by atoms with E-state index in [0.717, 1.165) is 37.9 Å². The Morgan fingerprint density at radius 3 is 2.46 bits per heavy atom. The Labute approximate surface area is 153 Å². The summed E-state index contributed by atoms with van der Waals surface area (Å²) >= 11 is 0. The van der Waals surface area contributed by atoms with Crippen molar-refractivity contribution in [2.24, 2.45) is 11.8 Å². The molecule has 1 aliphatic carbocycles. The first-order valence-electron chi connectivity index (χ1n) is 9.49. The van der Waals surface area contributed by atoms with Gasteiger partial charge in [0.15, 0.2) is 0 Å².